The summed E-state index contributed by atoms with van der Waals surface area (Å²) >= 11 is 0. The number of para-hydroxylation sites is 2. The molecule has 0 bridgehead atoms. The Morgan fingerprint density at radius 2 is 0.958 bits per heavy atom. The molecule has 0 saturated carbocycles. The number of benzene rings is 3. The zero-order valence-corrected chi connectivity index (χ0v) is 14.0. The van der Waals surface area contributed by atoms with Crippen LogP contribution in [0.3, 0.4) is 0 Å². The first-order valence-electron chi connectivity index (χ1n) is 8.51. The van der Waals surface area contributed by atoms with Gasteiger partial charge >= 0.3 is 0 Å². The number of nitrogens with zero attached hydrogens (tertiary/aromatic N) is 2. The number of rotatable bonds is 3. The molecule has 0 unspecified atom stereocenters. The molecule has 120 valence electrons. The molecular formula is C22H22N2. The number of hydrogen-bond acceptors (Lipinski definition) is 2. The standard InChI is InChI=1S/C22H22N2/c1-22(19-11-5-2-6-12-19)23(20-13-7-3-8-14-20)17-18-24(22)21-15-9-4-10-16-21/h2-16H,17-18H2,1H3. The zero-order valence-electron chi connectivity index (χ0n) is 14.0. The molecule has 4 rings (SSSR count). The Morgan fingerprint density at radius 3 is 1.38 bits per heavy atom. The number of hydrogen-bond donors (Lipinski definition) is 0. The van der Waals surface area contributed by atoms with Crippen LogP contribution in [-0.4, -0.2) is 13.1 Å². The highest BCUT2D eigenvalue weighted by Crippen LogP contribution is 2.42. The van der Waals surface area contributed by atoms with E-state index >= 15 is 0 Å². The van der Waals surface area contributed by atoms with Gasteiger partial charge in [-0.2, -0.15) is 0 Å². The van der Waals surface area contributed by atoms with Gasteiger partial charge in [-0.05, 0) is 36.8 Å². The Labute approximate surface area is 144 Å². The van der Waals surface area contributed by atoms with E-state index < -0.39 is 0 Å². The van der Waals surface area contributed by atoms with E-state index in [9.17, 15) is 0 Å². The second-order valence-corrected chi connectivity index (χ2v) is 6.36. The van der Waals surface area contributed by atoms with Gasteiger partial charge in [0.1, 0.15) is 5.66 Å². The van der Waals surface area contributed by atoms with Crippen molar-refractivity contribution in [1.82, 2.24) is 0 Å². The minimum Gasteiger partial charge on any atom is -0.343 e. The monoisotopic (exact) mass is 314 g/mol. The molecule has 1 aliphatic rings. The zero-order chi connectivity index (χ0) is 16.4. The van der Waals surface area contributed by atoms with Crippen molar-refractivity contribution in [2.75, 3.05) is 22.9 Å². The van der Waals surface area contributed by atoms with E-state index in [0.717, 1.165) is 13.1 Å². The maximum absolute atomic E-state index is 2.51. The lowest BCUT2D eigenvalue weighted by atomic mass is 9.97. The van der Waals surface area contributed by atoms with Crippen LogP contribution in [0.5, 0.6) is 0 Å². The lowest BCUT2D eigenvalue weighted by molar-refractivity contribution is 0.496. The third kappa shape index (κ3) is 2.35. The SMILES string of the molecule is CC1(c2ccccc2)N(c2ccccc2)CCN1c1ccccc1. The normalized spacial score (nSPS) is 16.4. The summed E-state index contributed by atoms with van der Waals surface area (Å²) in [6.45, 7) is 4.34. The van der Waals surface area contributed by atoms with Crippen LogP contribution in [0.25, 0.3) is 0 Å². The molecule has 0 aliphatic carbocycles. The average Bonchev–Trinajstić information content (AvgIpc) is 3.02. The molecule has 1 fully saturated rings. The summed E-state index contributed by atoms with van der Waals surface area (Å²) in [6, 6.07) is 32.3. The first-order valence-corrected chi connectivity index (χ1v) is 8.51. The van der Waals surface area contributed by atoms with Crippen LogP contribution in [0.4, 0.5) is 11.4 Å². The fraction of sp³-hybridized carbons (Fsp3) is 0.182. The maximum atomic E-state index is 2.51. The lowest BCUT2D eigenvalue weighted by Crippen LogP contribution is -2.48. The molecule has 3 aromatic carbocycles. The third-order valence-corrected chi connectivity index (χ3v) is 5.05. The van der Waals surface area contributed by atoms with Crippen molar-refractivity contribution < 1.29 is 0 Å². The summed E-state index contributed by atoms with van der Waals surface area (Å²) in [5, 5.41) is 0. The highest BCUT2D eigenvalue weighted by atomic mass is 15.5. The molecule has 0 spiro atoms. The summed E-state index contributed by atoms with van der Waals surface area (Å²) in [6.07, 6.45) is 0. The summed E-state index contributed by atoms with van der Waals surface area (Å²) < 4.78 is 0. The van der Waals surface area contributed by atoms with Crippen molar-refractivity contribution in [3.8, 4) is 0 Å². The molecule has 0 aromatic heterocycles. The van der Waals surface area contributed by atoms with E-state index in [0.29, 0.717) is 0 Å². The van der Waals surface area contributed by atoms with Gasteiger partial charge in [-0.15, -0.1) is 0 Å². The van der Waals surface area contributed by atoms with Crippen molar-refractivity contribution in [1.29, 1.82) is 0 Å². The number of anilines is 2. The summed E-state index contributed by atoms with van der Waals surface area (Å²) in [4.78, 5) is 5.02. The van der Waals surface area contributed by atoms with Gasteiger partial charge in [0.05, 0.1) is 0 Å². The molecule has 2 nitrogen and oxygen atoms in total. The largest absolute Gasteiger partial charge is 0.343 e. The van der Waals surface area contributed by atoms with Crippen molar-refractivity contribution >= 4 is 11.4 Å². The van der Waals surface area contributed by atoms with Crippen molar-refractivity contribution in [3.63, 3.8) is 0 Å². The second-order valence-electron chi connectivity index (χ2n) is 6.36. The van der Waals surface area contributed by atoms with Gasteiger partial charge in [0.15, 0.2) is 0 Å². The predicted octanol–water partition coefficient (Wildman–Crippen LogP) is 4.89. The molecule has 1 heterocycles. The first kappa shape index (κ1) is 14.8. The Kier molecular flexibility index (Phi) is 3.73. The molecular weight excluding hydrogens is 292 g/mol. The molecule has 0 atom stereocenters. The summed E-state index contributed by atoms with van der Waals surface area (Å²) in [5.74, 6) is 0. The van der Waals surface area contributed by atoms with Gasteiger partial charge in [-0.25, -0.2) is 0 Å². The second kappa shape index (κ2) is 6.04. The van der Waals surface area contributed by atoms with Crippen LogP contribution in [-0.2, 0) is 5.66 Å². The van der Waals surface area contributed by atoms with E-state index in [2.05, 4.69) is 108 Å². The maximum Gasteiger partial charge on any atom is 0.136 e. The summed E-state index contributed by atoms with van der Waals surface area (Å²) in [7, 11) is 0. The third-order valence-electron chi connectivity index (χ3n) is 5.05. The van der Waals surface area contributed by atoms with Gasteiger partial charge in [-0.1, -0.05) is 66.7 Å². The molecule has 1 saturated heterocycles. The van der Waals surface area contributed by atoms with Crippen LogP contribution in [0, 0.1) is 0 Å². The van der Waals surface area contributed by atoms with E-state index in [-0.39, 0.29) is 5.66 Å². The topological polar surface area (TPSA) is 6.48 Å². The van der Waals surface area contributed by atoms with Crippen molar-refractivity contribution in [3.05, 3.63) is 96.6 Å². The van der Waals surface area contributed by atoms with Crippen molar-refractivity contribution in [2.45, 2.75) is 12.6 Å². The van der Waals surface area contributed by atoms with Gasteiger partial charge in [-0.3, -0.25) is 0 Å². The van der Waals surface area contributed by atoms with E-state index in [1.165, 1.54) is 16.9 Å². The molecule has 2 heteroatoms. The minimum atomic E-state index is -0.204. The molecule has 3 aromatic rings. The van der Waals surface area contributed by atoms with E-state index in [1.807, 2.05) is 0 Å². The highest BCUT2D eigenvalue weighted by Gasteiger charge is 2.44. The fourth-order valence-corrected chi connectivity index (χ4v) is 3.82. The minimum absolute atomic E-state index is 0.204. The molecule has 1 aliphatic heterocycles. The summed E-state index contributed by atoms with van der Waals surface area (Å²) in [5.41, 5.74) is 3.64. The van der Waals surface area contributed by atoms with Crippen LogP contribution in [0.15, 0.2) is 91.0 Å². The van der Waals surface area contributed by atoms with Crippen molar-refractivity contribution in [2.24, 2.45) is 0 Å². The molecule has 0 N–H and O–H groups in total. The molecule has 0 amide bonds. The van der Waals surface area contributed by atoms with Crippen LogP contribution in [0.1, 0.15) is 12.5 Å². The Bertz CT molecular complexity index is 736. The Hall–Kier alpha value is -2.74. The van der Waals surface area contributed by atoms with Gasteiger partial charge in [0.25, 0.3) is 0 Å². The Morgan fingerprint density at radius 1 is 0.583 bits per heavy atom. The van der Waals surface area contributed by atoms with Gasteiger partial charge in [0.2, 0.25) is 0 Å². The lowest BCUT2D eigenvalue weighted by Gasteiger charge is -2.43. The fourth-order valence-electron chi connectivity index (χ4n) is 3.82. The van der Waals surface area contributed by atoms with Crippen LogP contribution >= 0.6 is 0 Å². The molecule has 0 radical (unpaired) electrons. The first-order chi connectivity index (χ1) is 11.8. The highest BCUT2D eigenvalue weighted by molar-refractivity contribution is 5.62. The van der Waals surface area contributed by atoms with Crippen LogP contribution in [0.2, 0.25) is 0 Å². The van der Waals surface area contributed by atoms with E-state index in [1.54, 1.807) is 0 Å². The Balaban J connectivity index is 1.85. The molecule has 24 heavy (non-hydrogen) atoms. The van der Waals surface area contributed by atoms with E-state index in [4.69, 9.17) is 0 Å². The average molecular weight is 314 g/mol. The smallest absolute Gasteiger partial charge is 0.136 e. The van der Waals surface area contributed by atoms with Crippen LogP contribution < -0.4 is 9.80 Å². The predicted molar refractivity (Wildman–Crippen MR) is 101 cm³/mol. The van der Waals surface area contributed by atoms with Gasteiger partial charge < -0.3 is 9.80 Å². The van der Waals surface area contributed by atoms with Gasteiger partial charge in [0, 0.05) is 24.5 Å². The quantitative estimate of drug-likeness (QED) is 0.679.